The summed E-state index contributed by atoms with van der Waals surface area (Å²) in [6.07, 6.45) is 0. The lowest BCUT2D eigenvalue weighted by atomic mass is 10.0. The van der Waals surface area contributed by atoms with Crippen molar-refractivity contribution in [2.45, 2.75) is 0 Å². The molecule has 10 aromatic rings. The van der Waals surface area contributed by atoms with Gasteiger partial charge in [0.25, 0.3) is 0 Å². The smallest absolute Gasteiger partial charge is 0.238 e. The molecule has 0 aliphatic rings. The molecule has 7 aromatic carbocycles. The largest absolute Gasteiger partial charge is 0.309 e. The fraction of sp³-hybridized carbons (Fsp3) is 0. The van der Waals surface area contributed by atoms with Crippen molar-refractivity contribution in [3.8, 4) is 45.5 Å². The third-order valence-corrected chi connectivity index (χ3v) is 9.26. The topological polar surface area (TPSA) is 48.5 Å². The van der Waals surface area contributed by atoms with Gasteiger partial charge in [-0.1, -0.05) is 139 Å². The molecule has 0 saturated heterocycles. The number of para-hydroxylation sites is 3. The molecular formula is C45H29N5. The maximum Gasteiger partial charge on any atom is 0.238 e. The average molecular weight is 645 g/mol. The summed E-state index contributed by atoms with van der Waals surface area (Å²) in [6.45, 7) is 0. The third kappa shape index (κ3) is 4.45. The predicted octanol–water partition coefficient (Wildman–Crippen LogP) is 11.1. The Bertz CT molecular complexity index is 3130. The summed E-state index contributed by atoms with van der Waals surface area (Å²) in [5, 5.41) is 4.04. The Hall–Kier alpha value is -6.85. The van der Waals surface area contributed by atoms with Crippen LogP contribution in [0, 0.1) is 0 Å². The number of hydrogen-bond acceptors (Lipinski definition) is 3. The highest BCUT2D eigenvalue weighted by atomic mass is 15.2. The van der Waals surface area contributed by atoms with Crippen LogP contribution in [0.15, 0.2) is 176 Å². The monoisotopic (exact) mass is 644 g/mol. The summed E-state index contributed by atoms with van der Waals surface area (Å²) in [5.74, 6) is 0.536. The molecule has 0 aliphatic heterocycles. The van der Waals surface area contributed by atoms with Gasteiger partial charge in [0.1, 0.15) is 0 Å². The quantitative estimate of drug-likeness (QED) is 0.187. The first-order chi connectivity index (χ1) is 26.9. The first kappa shape index (κ1) is 23.5. The Morgan fingerprint density at radius 1 is 0.420 bits per heavy atom. The molecular weight excluding hydrogens is 611 g/mol. The van der Waals surface area contributed by atoms with Crippen LogP contribution in [0.1, 0.15) is 6.85 Å². The van der Waals surface area contributed by atoms with Gasteiger partial charge in [-0.15, -0.1) is 0 Å². The standard InChI is InChI=1S/C45H29N5/c1-4-15-30(16-5-1)32-19-14-20-33(29-32)44-46-43(31-17-6-2-7-18-31)47-45(48-44)50-38-25-12-10-23-35(38)36-27-28-40-41(42(36)50)37-24-11-13-26-39(37)49(40)34-21-8-3-9-22-34/h1-29H/i2D,6D,7D,17D,18D. The lowest BCUT2D eigenvalue weighted by molar-refractivity contribution is 0.955. The number of benzene rings is 7. The van der Waals surface area contributed by atoms with Gasteiger partial charge in [-0.2, -0.15) is 9.97 Å². The van der Waals surface area contributed by atoms with Crippen LogP contribution in [0.3, 0.4) is 0 Å². The van der Waals surface area contributed by atoms with Gasteiger partial charge in [-0.25, -0.2) is 4.98 Å². The van der Waals surface area contributed by atoms with E-state index < -0.39 is 18.1 Å². The van der Waals surface area contributed by atoms with Crippen LogP contribution in [-0.2, 0) is 0 Å². The zero-order chi connectivity index (χ0) is 37.4. The number of rotatable bonds is 5. The van der Waals surface area contributed by atoms with E-state index in [4.69, 9.17) is 21.8 Å². The van der Waals surface area contributed by atoms with Gasteiger partial charge >= 0.3 is 0 Å². The molecule has 0 radical (unpaired) electrons. The van der Waals surface area contributed by atoms with Gasteiger partial charge in [-0.3, -0.25) is 4.57 Å². The van der Waals surface area contributed by atoms with Crippen molar-refractivity contribution in [3.05, 3.63) is 176 Å². The van der Waals surface area contributed by atoms with Crippen molar-refractivity contribution in [3.63, 3.8) is 0 Å². The zero-order valence-electron chi connectivity index (χ0n) is 31.6. The molecule has 3 heterocycles. The number of aromatic nitrogens is 5. The second kappa shape index (κ2) is 11.4. The van der Waals surface area contributed by atoms with Crippen molar-refractivity contribution in [1.29, 1.82) is 0 Å². The highest BCUT2D eigenvalue weighted by molar-refractivity contribution is 6.26. The highest BCUT2D eigenvalue weighted by Gasteiger charge is 2.23. The summed E-state index contributed by atoms with van der Waals surface area (Å²) < 4.78 is 47.3. The molecule has 0 aliphatic carbocycles. The van der Waals surface area contributed by atoms with Crippen LogP contribution in [0.5, 0.6) is 0 Å². The molecule has 0 spiro atoms. The molecule has 0 unspecified atom stereocenters. The van der Waals surface area contributed by atoms with Gasteiger partial charge in [0.05, 0.1) is 28.9 Å². The van der Waals surface area contributed by atoms with E-state index in [2.05, 4.69) is 47.0 Å². The van der Waals surface area contributed by atoms with Gasteiger partial charge in [-0.05, 0) is 47.5 Å². The van der Waals surface area contributed by atoms with Crippen molar-refractivity contribution < 1.29 is 6.85 Å². The summed E-state index contributed by atoms with van der Waals surface area (Å²) in [5.41, 5.74) is 7.37. The van der Waals surface area contributed by atoms with Crippen LogP contribution in [0.25, 0.3) is 89.2 Å². The molecule has 10 rings (SSSR count). The van der Waals surface area contributed by atoms with E-state index in [0.29, 0.717) is 11.4 Å². The summed E-state index contributed by atoms with van der Waals surface area (Å²) >= 11 is 0. The van der Waals surface area contributed by atoms with Crippen LogP contribution >= 0.6 is 0 Å². The van der Waals surface area contributed by atoms with Gasteiger partial charge in [0.15, 0.2) is 11.6 Å². The minimum absolute atomic E-state index is 0.0214. The molecule has 0 amide bonds. The van der Waals surface area contributed by atoms with Gasteiger partial charge in [0.2, 0.25) is 5.95 Å². The Labute approximate surface area is 295 Å². The molecule has 5 heteroatoms. The van der Waals surface area contributed by atoms with Crippen molar-refractivity contribution in [2.24, 2.45) is 0 Å². The molecule has 5 nitrogen and oxygen atoms in total. The molecule has 234 valence electrons. The maximum atomic E-state index is 8.90. The van der Waals surface area contributed by atoms with Crippen LogP contribution in [0.2, 0.25) is 0 Å². The molecule has 3 aromatic heterocycles. The van der Waals surface area contributed by atoms with Crippen LogP contribution in [0.4, 0.5) is 0 Å². The van der Waals surface area contributed by atoms with E-state index in [1.54, 1.807) is 0 Å². The Morgan fingerprint density at radius 2 is 1.04 bits per heavy atom. The van der Waals surface area contributed by atoms with Crippen molar-refractivity contribution in [1.82, 2.24) is 24.1 Å². The molecule has 0 fully saturated rings. The van der Waals surface area contributed by atoms with E-state index in [9.17, 15) is 0 Å². The van der Waals surface area contributed by atoms with Crippen molar-refractivity contribution in [2.75, 3.05) is 0 Å². The molecule has 50 heavy (non-hydrogen) atoms. The molecule has 0 atom stereocenters. The Kier molecular flexibility index (Phi) is 5.35. The fourth-order valence-corrected chi connectivity index (χ4v) is 7.11. The van der Waals surface area contributed by atoms with Gasteiger partial charge < -0.3 is 4.57 Å². The van der Waals surface area contributed by atoms with Crippen LogP contribution in [-0.4, -0.2) is 24.1 Å². The first-order valence-electron chi connectivity index (χ1n) is 18.9. The third-order valence-electron chi connectivity index (χ3n) is 9.26. The normalized spacial score (nSPS) is 13.0. The lowest BCUT2D eigenvalue weighted by Gasteiger charge is -2.12. The molecule has 0 N–H and O–H groups in total. The molecule has 0 bridgehead atoms. The Morgan fingerprint density at radius 3 is 1.82 bits per heavy atom. The highest BCUT2D eigenvalue weighted by Crippen LogP contribution is 2.41. The average Bonchev–Trinajstić information content (AvgIpc) is 3.76. The second-order valence-electron chi connectivity index (χ2n) is 12.1. The SMILES string of the molecule is [2H]c1c([2H])c([2H])c(-c2nc(-c3cccc(-c4ccccc4)c3)nc(-n3c4ccccc4c4ccc5c(c6ccccc6n5-c5ccccc5)c43)n2)c([2H])c1[2H]. The summed E-state index contributed by atoms with van der Waals surface area (Å²) in [7, 11) is 0. The number of hydrogen-bond donors (Lipinski definition) is 0. The summed E-state index contributed by atoms with van der Waals surface area (Å²) in [6, 6.07) is 46.7. The van der Waals surface area contributed by atoms with E-state index in [1.807, 2.05) is 108 Å². The second-order valence-corrected chi connectivity index (χ2v) is 12.1. The maximum absolute atomic E-state index is 8.90. The van der Waals surface area contributed by atoms with Crippen LogP contribution < -0.4 is 0 Å². The van der Waals surface area contributed by atoms with E-state index in [-0.39, 0.29) is 29.4 Å². The number of nitrogens with zero attached hydrogens (tertiary/aromatic N) is 5. The summed E-state index contributed by atoms with van der Waals surface area (Å²) in [4.78, 5) is 15.0. The van der Waals surface area contributed by atoms with E-state index in [1.165, 1.54) is 0 Å². The fourth-order valence-electron chi connectivity index (χ4n) is 7.11. The minimum atomic E-state index is -0.483. The predicted molar refractivity (Wildman–Crippen MR) is 205 cm³/mol. The lowest BCUT2D eigenvalue weighted by Crippen LogP contribution is -2.06. The van der Waals surface area contributed by atoms with E-state index in [0.717, 1.165) is 60.4 Å². The van der Waals surface area contributed by atoms with Gasteiger partial charge in [0, 0.05) is 38.4 Å². The molecule has 0 saturated carbocycles. The Balaban J connectivity index is 1.35. The minimum Gasteiger partial charge on any atom is -0.309 e. The first-order valence-corrected chi connectivity index (χ1v) is 16.4. The van der Waals surface area contributed by atoms with Crippen molar-refractivity contribution >= 4 is 43.6 Å². The van der Waals surface area contributed by atoms with E-state index >= 15 is 0 Å². The zero-order valence-corrected chi connectivity index (χ0v) is 26.6. The number of fused-ring (bicyclic) bond motifs is 7.